The highest BCUT2D eigenvalue weighted by Crippen LogP contribution is 2.26. The highest BCUT2D eigenvalue weighted by molar-refractivity contribution is 4.85. The summed E-state index contributed by atoms with van der Waals surface area (Å²) in [6.07, 6.45) is 5.37. The molecule has 5 N–H and O–H groups in total. The Kier molecular flexibility index (Phi) is 11.1. The fraction of sp³-hybridized carbons (Fsp3) is 1.00. The number of rotatable bonds is 14. The minimum atomic E-state index is -1.52. The van der Waals surface area contributed by atoms with E-state index in [-0.39, 0.29) is 19.2 Å². The number of nitrogens with one attached hydrogen (secondary N) is 2. The summed E-state index contributed by atoms with van der Waals surface area (Å²) in [6.45, 7) is 7.23. The Morgan fingerprint density at radius 2 is 1.83 bits per heavy atom. The van der Waals surface area contributed by atoms with Gasteiger partial charge in [-0.05, 0) is 38.0 Å². The Morgan fingerprint density at radius 3 is 2.49 bits per heavy atom. The molecule has 11 nitrogen and oxygen atoms in total. The van der Waals surface area contributed by atoms with E-state index in [1.165, 1.54) is 33.1 Å². The molecule has 0 aromatic rings. The maximum absolute atomic E-state index is 11.4. The van der Waals surface area contributed by atoms with Crippen LogP contribution in [0.4, 0.5) is 0 Å². The quantitative estimate of drug-likeness (QED) is 0.130. The van der Waals surface area contributed by atoms with Gasteiger partial charge in [0.05, 0.1) is 12.8 Å². The van der Waals surface area contributed by atoms with E-state index >= 15 is 0 Å². The molecule has 5 atom stereocenters. The van der Waals surface area contributed by atoms with Crippen LogP contribution in [0.5, 0.6) is 0 Å². The minimum absolute atomic E-state index is 0.0525. The number of hydrogen-bond donors (Lipinski definition) is 5. The first-order valence-corrected chi connectivity index (χ1v) is 13.4. The highest BCUT2D eigenvalue weighted by Gasteiger charge is 2.42. The van der Waals surface area contributed by atoms with E-state index in [2.05, 4.69) is 20.4 Å². The van der Waals surface area contributed by atoms with Crippen molar-refractivity contribution >= 4 is 0 Å². The second-order valence-corrected chi connectivity index (χ2v) is 11.2. The van der Waals surface area contributed by atoms with Crippen LogP contribution in [0.25, 0.3) is 0 Å². The summed E-state index contributed by atoms with van der Waals surface area (Å²) in [7, 11) is 0. The molecule has 2 heterocycles. The lowest BCUT2D eigenvalue weighted by molar-refractivity contribution is -0.573. The van der Waals surface area contributed by atoms with E-state index in [9.17, 15) is 25.4 Å². The van der Waals surface area contributed by atoms with Gasteiger partial charge in [0, 0.05) is 64.1 Å². The molecule has 0 aromatic carbocycles. The number of β-amino-alcohol motifs (C(OH)–C–C–N with tert-alkyl or cyclic N) is 1. The Balaban J connectivity index is 1.51. The van der Waals surface area contributed by atoms with E-state index in [0.717, 1.165) is 38.8 Å². The highest BCUT2D eigenvalue weighted by atomic mass is 16.6. The first-order valence-electron chi connectivity index (χ1n) is 13.4. The van der Waals surface area contributed by atoms with E-state index in [1.54, 1.807) is 0 Å². The van der Waals surface area contributed by atoms with Crippen LogP contribution in [0.3, 0.4) is 0 Å². The van der Waals surface area contributed by atoms with Crippen molar-refractivity contribution < 1.29 is 25.0 Å². The maximum Gasteiger partial charge on any atom is 0.242 e. The lowest BCUT2D eigenvalue weighted by Gasteiger charge is -2.31. The van der Waals surface area contributed by atoms with Crippen molar-refractivity contribution in [1.29, 1.82) is 0 Å². The summed E-state index contributed by atoms with van der Waals surface area (Å²) in [5.41, 5.74) is -1.52. The topological polar surface area (TPSA) is 144 Å². The van der Waals surface area contributed by atoms with Crippen LogP contribution in [0.2, 0.25) is 0 Å². The van der Waals surface area contributed by atoms with E-state index in [0.29, 0.717) is 32.3 Å². The van der Waals surface area contributed by atoms with Gasteiger partial charge in [0.2, 0.25) is 5.54 Å². The van der Waals surface area contributed by atoms with Gasteiger partial charge >= 0.3 is 0 Å². The zero-order chi connectivity index (χ0) is 25.4. The average Bonchev–Trinajstić information content (AvgIpc) is 3.51. The van der Waals surface area contributed by atoms with Gasteiger partial charge < -0.3 is 20.1 Å². The Morgan fingerprint density at radius 1 is 1.14 bits per heavy atom. The molecular weight excluding hydrogens is 454 g/mol. The second-order valence-electron chi connectivity index (χ2n) is 11.2. The number of nitro groups is 1. The number of likely N-dealkylation sites (tertiary alicyclic amines) is 1. The smallest absolute Gasteiger partial charge is 0.242 e. The normalized spacial score (nSPS) is 26.6. The summed E-state index contributed by atoms with van der Waals surface area (Å²) >= 11 is 0. The number of nitrogens with zero attached hydrogens (tertiary/aromatic N) is 3. The molecule has 0 aromatic heterocycles. The van der Waals surface area contributed by atoms with Crippen molar-refractivity contribution in [3.8, 4) is 0 Å². The monoisotopic (exact) mass is 501 g/mol. The Labute approximate surface area is 209 Å². The molecule has 0 amide bonds. The first kappa shape index (κ1) is 28.6. The third-order valence-electron chi connectivity index (χ3n) is 8.03. The molecule has 3 fully saturated rings. The van der Waals surface area contributed by atoms with Crippen molar-refractivity contribution in [2.75, 3.05) is 46.1 Å². The van der Waals surface area contributed by atoms with E-state index in [4.69, 9.17) is 4.74 Å². The summed E-state index contributed by atoms with van der Waals surface area (Å²) in [6, 6.07) is 0. The van der Waals surface area contributed by atoms with Crippen LogP contribution in [0.1, 0.15) is 65.2 Å². The van der Waals surface area contributed by atoms with Gasteiger partial charge in [-0.3, -0.25) is 30.5 Å². The maximum atomic E-state index is 11.4. The predicted molar refractivity (Wildman–Crippen MR) is 132 cm³/mol. The molecule has 3 aliphatic rings. The van der Waals surface area contributed by atoms with Crippen LogP contribution in [-0.2, 0) is 4.74 Å². The number of aliphatic hydroxyl groups excluding tert-OH is 3. The first-order chi connectivity index (χ1) is 16.7. The molecule has 1 aliphatic carbocycles. The van der Waals surface area contributed by atoms with Gasteiger partial charge in [-0.2, -0.15) is 0 Å². The third-order valence-corrected chi connectivity index (χ3v) is 8.03. The molecule has 3 rings (SSSR count). The molecule has 2 saturated heterocycles. The predicted octanol–water partition coefficient (Wildman–Crippen LogP) is 0.517. The van der Waals surface area contributed by atoms with E-state index < -0.39 is 34.9 Å². The summed E-state index contributed by atoms with van der Waals surface area (Å²) in [5.74, 6) is 0.0144. The van der Waals surface area contributed by atoms with E-state index in [1.807, 2.05) is 0 Å². The van der Waals surface area contributed by atoms with Crippen LogP contribution >= 0.6 is 0 Å². The van der Waals surface area contributed by atoms with Crippen molar-refractivity contribution in [3.63, 3.8) is 0 Å². The van der Waals surface area contributed by atoms with Crippen LogP contribution < -0.4 is 10.6 Å². The second kappa shape index (κ2) is 13.6. The van der Waals surface area contributed by atoms with Crippen molar-refractivity contribution in [2.24, 2.45) is 11.8 Å². The van der Waals surface area contributed by atoms with Gasteiger partial charge in [0.1, 0.15) is 18.6 Å². The molecule has 3 unspecified atom stereocenters. The third kappa shape index (κ3) is 8.57. The molecule has 0 bridgehead atoms. The standard InChI is InChI=1S/C24H47N5O6/c1-24(2,29(33)34)20(30)12-19(16-35-15-18-8-4-3-5-9-18)23(32)26-21-13-27(17-25-21)14-22(31)28-10-6-7-11-28/h18-23,25-26,30-32H,3-17H2,1-2H3/t19-,20?,21-,22?,23?/m1/s1. The minimum Gasteiger partial charge on any atom is -0.386 e. The zero-order valence-electron chi connectivity index (χ0n) is 21.5. The summed E-state index contributed by atoms with van der Waals surface area (Å²) in [5, 5.41) is 50.0. The molecule has 35 heavy (non-hydrogen) atoms. The molecular formula is C24H47N5O6. The van der Waals surface area contributed by atoms with Crippen molar-refractivity contribution in [3.05, 3.63) is 10.1 Å². The lowest BCUT2D eigenvalue weighted by Crippen LogP contribution is -2.52. The van der Waals surface area contributed by atoms with Gasteiger partial charge in [-0.25, -0.2) is 0 Å². The molecule has 11 heteroatoms. The molecule has 0 radical (unpaired) electrons. The Hall–Kier alpha value is -0.920. The summed E-state index contributed by atoms with van der Waals surface area (Å²) < 4.78 is 5.98. The van der Waals surface area contributed by atoms with Crippen molar-refractivity contribution in [1.82, 2.24) is 20.4 Å². The van der Waals surface area contributed by atoms with Crippen molar-refractivity contribution in [2.45, 2.75) is 95.5 Å². The average molecular weight is 502 g/mol. The van der Waals surface area contributed by atoms with Crippen LogP contribution in [0.15, 0.2) is 0 Å². The number of hydrogen-bond acceptors (Lipinski definition) is 10. The number of aliphatic hydroxyl groups is 3. The molecule has 2 aliphatic heterocycles. The number of ether oxygens (including phenoxy) is 1. The fourth-order valence-electron chi connectivity index (χ4n) is 5.33. The van der Waals surface area contributed by atoms with Gasteiger partial charge in [0.15, 0.2) is 0 Å². The largest absolute Gasteiger partial charge is 0.386 e. The van der Waals surface area contributed by atoms with Crippen LogP contribution in [-0.4, -0.2) is 106 Å². The fourth-order valence-corrected chi connectivity index (χ4v) is 5.33. The molecule has 204 valence electrons. The van der Waals surface area contributed by atoms with Gasteiger partial charge in [0.25, 0.3) is 0 Å². The van der Waals surface area contributed by atoms with Gasteiger partial charge in [-0.15, -0.1) is 0 Å². The zero-order valence-corrected chi connectivity index (χ0v) is 21.5. The van der Waals surface area contributed by atoms with Crippen LogP contribution in [0, 0.1) is 22.0 Å². The molecule has 0 spiro atoms. The summed E-state index contributed by atoms with van der Waals surface area (Å²) in [4.78, 5) is 15.2. The molecule has 1 saturated carbocycles. The SMILES string of the molecule is CC(C)(C(O)C[C@H](COCC1CCCCC1)C(O)N[C@@H]1CN(CC(O)N2CCCC2)CN1)[N+](=O)[O-]. The Bertz CT molecular complexity index is 644. The lowest BCUT2D eigenvalue weighted by atomic mass is 9.88. The van der Waals surface area contributed by atoms with Gasteiger partial charge in [-0.1, -0.05) is 19.3 Å².